The average Bonchev–Trinajstić information content (AvgIpc) is 2.71. The molecule has 0 bridgehead atoms. The van der Waals surface area contributed by atoms with E-state index >= 15 is 0 Å². The number of halogens is 1. The van der Waals surface area contributed by atoms with Gasteiger partial charge in [0.05, 0.1) is 0 Å². The second-order valence-electron chi connectivity index (χ2n) is 2.62. The van der Waals surface area contributed by atoms with Crippen LogP contribution in [-0.4, -0.2) is 11.1 Å². The minimum Gasteiger partial charge on any atom is -0.474 e. The number of hydrogen-bond acceptors (Lipinski definition) is 2. The molecule has 3 heteroatoms. The first kappa shape index (κ1) is 7.34. The van der Waals surface area contributed by atoms with Crippen molar-refractivity contribution in [1.82, 2.24) is 4.98 Å². The summed E-state index contributed by atoms with van der Waals surface area (Å²) in [7, 11) is 0. The third-order valence-corrected chi connectivity index (χ3v) is 2.10. The lowest BCUT2D eigenvalue weighted by atomic mass is 10.5. The molecule has 0 spiro atoms. The zero-order chi connectivity index (χ0) is 7.68. The van der Waals surface area contributed by atoms with Crippen LogP contribution in [0.15, 0.2) is 18.2 Å². The normalized spacial score (nSPS) is 16.5. The van der Waals surface area contributed by atoms with Gasteiger partial charge in [-0.2, -0.15) is 0 Å². The molecule has 1 aromatic heterocycles. The van der Waals surface area contributed by atoms with Crippen molar-refractivity contribution < 1.29 is 4.74 Å². The van der Waals surface area contributed by atoms with E-state index < -0.39 is 0 Å². The molecule has 0 radical (unpaired) electrons. The van der Waals surface area contributed by atoms with E-state index in [2.05, 4.69) is 27.6 Å². The largest absolute Gasteiger partial charge is 0.474 e. The van der Waals surface area contributed by atoms with E-state index in [9.17, 15) is 0 Å². The van der Waals surface area contributed by atoms with Crippen molar-refractivity contribution in [2.45, 2.75) is 18.9 Å². The molecule has 0 N–H and O–H groups in total. The molecule has 1 fully saturated rings. The fourth-order valence-corrected chi connectivity index (χ4v) is 1.26. The fourth-order valence-electron chi connectivity index (χ4n) is 0.812. The van der Waals surface area contributed by atoms with Gasteiger partial charge in [0.25, 0.3) is 0 Å². The zero-order valence-corrected chi connectivity index (χ0v) is 8.11. The molecular weight excluding hydrogens is 253 g/mol. The number of aromatic nitrogens is 1. The first-order valence-corrected chi connectivity index (χ1v) is 4.72. The molecule has 2 nitrogen and oxygen atoms in total. The summed E-state index contributed by atoms with van der Waals surface area (Å²) < 4.78 is 6.48. The first-order valence-electron chi connectivity index (χ1n) is 3.64. The van der Waals surface area contributed by atoms with Crippen molar-refractivity contribution in [3.8, 4) is 5.88 Å². The number of hydrogen-bond donors (Lipinski definition) is 0. The molecule has 1 aliphatic rings. The van der Waals surface area contributed by atoms with E-state index in [1.54, 1.807) is 0 Å². The minimum atomic E-state index is 0.445. The second kappa shape index (κ2) is 2.97. The third kappa shape index (κ3) is 2.05. The van der Waals surface area contributed by atoms with Gasteiger partial charge in [0, 0.05) is 6.07 Å². The quantitative estimate of drug-likeness (QED) is 0.601. The second-order valence-corrected chi connectivity index (χ2v) is 3.72. The molecule has 58 valence electrons. The Labute approximate surface area is 79.1 Å². The van der Waals surface area contributed by atoms with Gasteiger partial charge in [-0.15, -0.1) is 0 Å². The van der Waals surface area contributed by atoms with Crippen LogP contribution in [0, 0.1) is 3.70 Å². The Bertz CT molecular complexity index is 260. The highest BCUT2D eigenvalue weighted by Gasteiger charge is 2.23. The van der Waals surface area contributed by atoms with E-state index in [0.717, 1.165) is 9.58 Å². The molecule has 1 saturated carbocycles. The Morgan fingerprint density at radius 1 is 1.45 bits per heavy atom. The SMILES string of the molecule is Ic1cccc(OC2CC2)n1. The molecule has 0 aliphatic heterocycles. The highest BCUT2D eigenvalue weighted by molar-refractivity contribution is 14.1. The first-order chi connectivity index (χ1) is 5.34. The lowest BCUT2D eigenvalue weighted by molar-refractivity contribution is 0.290. The van der Waals surface area contributed by atoms with Crippen LogP contribution in [0.4, 0.5) is 0 Å². The highest BCUT2D eigenvalue weighted by Crippen LogP contribution is 2.25. The van der Waals surface area contributed by atoms with Gasteiger partial charge < -0.3 is 4.74 Å². The van der Waals surface area contributed by atoms with Gasteiger partial charge in [0.2, 0.25) is 5.88 Å². The van der Waals surface area contributed by atoms with Gasteiger partial charge in [-0.25, -0.2) is 4.98 Å². The standard InChI is InChI=1S/C8H8INO/c9-7-2-1-3-8(10-7)11-6-4-5-6/h1-3,6H,4-5H2. The lowest BCUT2D eigenvalue weighted by Gasteiger charge is -2.01. The van der Waals surface area contributed by atoms with Crippen LogP contribution in [0.2, 0.25) is 0 Å². The minimum absolute atomic E-state index is 0.445. The van der Waals surface area contributed by atoms with E-state index in [1.165, 1.54) is 12.8 Å². The van der Waals surface area contributed by atoms with Crippen LogP contribution in [0.1, 0.15) is 12.8 Å². The van der Waals surface area contributed by atoms with Crippen molar-refractivity contribution in [3.63, 3.8) is 0 Å². The molecule has 0 saturated heterocycles. The van der Waals surface area contributed by atoms with E-state index in [4.69, 9.17) is 4.74 Å². The van der Waals surface area contributed by atoms with Gasteiger partial charge in [-0.05, 0) is 41.5 Å². The maximum atomic E-state index is 5.49. The molecule has 0 aromatic carbocycles. The molecule has 0 atom stereocenters. The molecule has 0 amide bonds. The van der Waals surface area contributed by atoms with Crippen molar-refractivity contribution in [1.29, 1.82) is 0 Å². The van der Waals surface area contributed by atoms with E-state index in [1.807, 2.05) is 18.2 Å². The van der Waals surface area contributed by atoms with Crippen LogP contribution >= 0.6 is 22.6 Å². The van der Waals surface area contributed by atoms with Crippen molar-refractivity contribution in [2.75, 3.05) is 0 Å². The topological polar surface area (TPSA) is 22.1 Å². The van der Waals surface area contributed by atoms with Crippen molar-refractivity contribution in [3.05, 3.63) is 21.9 Å². The van der Waals surface area contributed by atoms with Gasteiger partial charge in [-0.1, -0.05) is 6.07 Å². The lowest BCUT2D eigenvalue weighted by Crippen LogP contribution is -1.98. The summed E-state index contributed by atoms with van der Waals surface area (Å²) in [4.78, 5) is 4.22. The van der Waals surface area contributed by atoms with Gasteiger partial charge >= 0.3 is 0 Å². The Hall–Kier alpha value is -0.320. The molecule has 0 unspecified atom stereocenters. The van der Waals surface area contributed by atoms with Crippen LogP contribution in [0.5, 0.6) is 5.88 Å². The highest BCUT2D eigenvalue weighted by atomic mass is 127. The number of nitrogens with zero attached hydrogens (tertiary/aromatic N) is 1. The van der Waals surface area contributed by atoms with Crippen molar-refractivity contribution in [2.24, 2.45) is 0 Å². The Morgan fingerprint density at radius 2 is 2.27 bits per heavy atom. The number of pyridine rings is 1. The average molecular weight is 261 g/mol. The van der Waals surface area contributed by atoms with E-state index in [-0.39, 0.29) is 0 Å². The third-order valence-electron chi connectivity index (χ3n) is 1.50. The fraction of sp³-hybridized carbons (Fsp3) is 0.375. The Morgan fingerprint density at radius 3 is 2.91 bits per heavy atom. The van der Waals surface area contributed by atoms with Crippen LogP contribution < -0.4 is 4.74 Å². The zero-order valence-electron chi connectivity index (χ0n) is 5.96. The van der Waals surface area contributed by atoms with Gasteiger partial charge in [-0.3, -0.25) is 0 Å². The molecule has 1 heterocycles. The van der Waals surface area contributed by atoms with Crippen LogP contribution in [-0.2, 0) is 0 Å². The predicted octanol–water partition coefficient (Wildman–Crippen LogP) is 2.23. The summed E-state index contributed by atoms with van der Waals surface area (Å²) in [6.45, 7) is 0. The molecule has 1 aromatic rings. The van der Waals surface area contributed by atoms with E-state index in [0.29, 0.717) is 6.10 Å². The summed E-state index contributed by atoms with van der Waals surface area (Å²) in [6, 6.07) is 5.83. The maximum Gasteiger partial charge on any atom is 0.214 e. The predicted molar refractivity (Wildman–Crippen MR) is 50.6 cm³/mol. The summed E-state index contributed by atoms with van der Waals surface area (Å²) in [5.41, 5.74) is 0. The molecule has 11 heavy (non-hydrogen) atoms. The number of ether oxygens (including phenoxy) is 1. The molecular formula is C8H8INO. The van der Waals surface area contributed by atoms with Crippen LogP contribution in [0.25, 0.3) is 0 Å². The monoisotopic (exact) mass is 261 g/mol. The summed E-state index contributed by atoms with van der Waals surface area (Å²) in [6.07, 6.45) is 2.82. The summed E-state index contributed by atoms with van der Waals surface area (Å²) >= 11 is 2.18. The van der Waals surface area contributed by atoms with Crippen molar-refractivity contribution >= 4 is 22.6 Å². The van der Waals surface area contributed by atoms with Gasteiger partial charge in [0.1, 0.15) is 9.80 Å². The summed E-state index contributed by atoms with van der Waals surface area (Å²) in [5.74, 6) is 0.763. The van der Waals surface area contributed by atoms with Gasteiger partial charge in [0.15, 0.2) is 0 Å². The molecule has 1 aliphatic carbocycles. The Balaban J connectivity index is 2.10. The smallest absolute Gasteiger partial charge is 0.214 e. The Kier molecular flexibility index (Phi) is 1.98. The van der Waals surface area contributed by atoms with Crippen LogP contribution in [0.3, 0.4) is 0 Å². The molecule has 2 rings (SSSR count). The maximum absolute atomic E-state index is 5.49. The summed E-state index contributed by atoms with van der Waals surface area (Å²) in [5, 5.41) is 0. The number of rotatable bonds is 2.